The molecule has 5 heterocycles. The van der Waals surface area contributed by atoms with Gasteiger partial charge in [-0.3, -0.25) is 9.88 Å². The molecule has 0 spiro atoms. The lowest BCUT2D eigenvalue weighted by Crippen LogP contribution is -2.48. The Morgan fingerprint density at radius 1 is 1.16 bits per heavy atom. The van der Waals surface area contributed by atoms with Gasteiger partial charge in [0, 0.05) is 56.5 Å². The Morgan fingerprint density at radius 3 is 2.76 bits per heavy atom. The molecule has 192 valence electrons. The summed E-state index contributed by atoms with van der Waals surface area (Å²) >= 11 is 0. The molecule has 0 saturated carbocycles. The second kappa shape index (κ2) is 9.81. The first-order chi connectivity index (χ1) is 18.1. The maximum atomic E-state index is 9.40. The second-order valence-electron chi connectivity index (χ2n) is 9.10. The Morgan fingerprint density at radius 2 is 2.00 bits per heavy atom. The van der Waals surface area contributed by atoms with Crippen molar-refractivity contribution in [2.45, 2.75) is 19.3 Å². The monoisotopic (exact) mass is 503 g/mol. The van der Waals surface area contributed by atoms with Crippen molar-refractivity contribution in [1.82, 2.24) is 29.2 Å². The van der Waals surface area contributed by atoms with Crippen molar-refractivity contribution in [3.05, 3.63) is 49.2 Å². The largest absolute Gasteiger partial charge is 0.489 e. The van der Waals surface area contributed by atoms with E-state index in [1.54, 1.807) is 12.4 Å². The summed E-state index contributed by atoms with van der Waals surface area (Å²) in [5.41, 5.74) is 9.43. The number of benzene rings is 1. The molecule has 4 N–H and O–H groups in total. The minimum Gasteiger partial charge on any atom is -0.489 e. The summed E-state index contributed by atoms with van der Waals surface area (Å²) in [4.78, 5) is 22.4. The summed E-state index contributed by atoms with van der Waals surface area (Å²) < 4.78 is 13.5. The summed E-state index contributed by atoms with van der Waals surface area (Å²) in [6.45, 7) is 5.83. The van der Waals surface area contributed by atoms with Crippen LogP contribution in [0.15, 0.2) is 49.2 Å². The first-order valence-corrected chi connectivity index (χ1v) is 12.3. The van der Waals surface area contributed by atoms with E-state index in [0.29, 0.717) is 40.5 Å². The fourth-order valence-electron chi connectivity index (χ4n) is 4.68. The first-order valence-electron chi connectivity index (χ1n) is 12.3. The number of ether oxygens (including phenoxy) is 2. The third kappa shape index (κ3) is 4.86. The molecule has 2 atom stereocenters. The van der Waals surface area contributed by atoms with Gasteiger partial charge in [-0.2, -0.15) is 0 Å². The Bertz CT molecular complexity index is 1400. The van der Waals surface area contributed by atoms with E-state index in [4.69, 9.17) is 20.2 Å². The average Bonchev–Trinajstić information content (AvgIpc) is 3.45. The number of anilines is 4. The number of imidazole rings is 1. The normalized spacial score (nSPS) is 19.8. The van der Waals surface area contributed by atoms with Crippen LogP contribution in [0.4, 0.5) is 23.0 Å². The van der Waals surface area contributed by atoms with Crippen LogP contribution < -0.4 is 20.7 Å². The van der Waals surface area contributed by atoms with Gasteiger partial charge >= 0.3 is 0 Å². The molecule has 2 aliphatic heterocycles. The number of rotatable bonds is 8. The van der Waals surface area contributed by atoms with E-state index in [0.717, 1.165) is 37.6 Å². The van der Waals surface area contributed by atoms with Gasteiger partial charge < -0.3 is 34.9 Å². The number of nitrogens with zero attached hydrogens (tertiary/aromatic N) is 7. The van der Waals surface area contributed by atoms with E-state index in [1.165, 1.54) is 6.20 Å². The number of nitrogen functional groups attached to an aromatic ring is 1. The molecular formula is C25H29N9O3. The molecule has 0 bridgehead atoms. The Labute approximate surface area is 213 Å². The standard InChI is InChI=1S/C25H29N9O3/c1-16-25(37-16)33-8-6-32(7-9-33)20-3-2-17(12-21(20)36-11-10-35)29-23-24-28-4-5-34(24)15-19(31-23)18-13-27-14-22(26)30-18/h2-5,12-16,25,35H,6-11H2,1H3,(H2,26,30)(H,29,31). The van der Waals surface area contributed by atoms with Crippen LogP contribution in [0.25, 0.3) is 17.0 Å². The lowest BCUT2D eigenvalue weighted by Gasteiger charge is -2.36. The highest BCUT2D eigenvalue weighted by molar-refractivity contribution is 5.75. The number of piperazine rings is 1. The Kier molecular flexibility index (Phi) is 6.20. The van der Waals surface area contributed by atoms with Crippen molar-refractivity contribution in [2.75, 3.05) is 55.3 Å². The summed E-state index contributed by atoms with van der Waals surface area (Å²) in [6, 6.07) is 5.96. The van der Waals surface area contributed by atoms with Gasteiger partial charge in [-0.25, -0.2) is 15.0 Å². The van der Waals surface area contributed by atoms with Crippen LogP contribution in [-0.2, 0) is 4.74 Å². The highest BCUT2D eigenvalue weighted by Crippen LogP contribution is 2.35. The van der Waals surface area contributed by atoms with Crippen LogP contribution in [0.1, 0.15) is 6.92 Å². The summed E-state index contributed by atoms with van der Waals surface area (Å²) in [6.07, 6.45) is 9.08. The number of fused-ring (bicyclic) bond motifs is 1. The zero-order valence-corrected chi connectivity index (χ0v) is 20.5. The zero-order chi connectivity index (χ0) is 25.4. The number of nitrogens with one attached hydrogen (secondary N) is 1. The van der Waals surface area contributed by atoms with Gasteiger partial charge in [0.1, 0.15) is 35.8 Å². The predicted molar refractivity (Wildman–Crippen MR) is 139 cm³/mol. The van der Waals surface area contributed by atoms with Crippen molar-refractivity contribution in [3.8, 4) is 17.1 Å². The number of nitrogens with two attached hydrogens (primary N) is 1. The molecule has 2 saturated heterocycles. The molecule has 1 aromatic carbocycles. The lowest BCUT2D eigenvalue weighted by atomic mass is 10.2. The molecular weight excluding hydrogens is 474 g/mol. The van der Waals surface area contributed by atoms with Gasteiger partial charge in [0.05, 0.1) is 30.8 Å². The minimum atomic E-state index is -0.0681. The van der Waals surface area contributed by atoms with E-state index >= 15 is 0 Å². The quantitative estimate of drug-likeness (QED) is 0.303. The van der Waals surface area contributed by atoms with Crippen molar-refractivity contribution < 1.29 is 14.6 Å². The third-order valence-electron chi connectivity index (χ3n) is 6.55. The van der Waals surface area contributed by atoms with Gasteiger partial charge in [-0.15, -0.1) is 0 Å². The SMILES string of the molecule is CC1OC1N1CCN(c2ccc(Nc3nc(-c4cncc(N)n4)cn4ccnc34)cc2OCCO)CC1. The second-order valence-corrected chi connectivity index (χ2v) is 9.10. The number of aliphatic hydroxyl groups excluding tert-OH is 1. The summed E-state index contributed by atoms with van der Waals surface area (Å²) in [5, 5.41) is 12.8. The highest BCUT2D eigenvalue weighted by atomic mass is 16.6. The molecule has 37 heavy (non-hydrogen) atoms. The molecule has 6 rings (SSSR count). The zero-order valence-electron chi connectivity index (χ0n) is 20.5. The van der Waals surface area contributed by atoms with Crippen LogP contribution in [0.2, 0.25) is 0 Å². The van der Waals surface area contributed by atoms with Crippen LogP contribution in [0.3, 0.4) is 0 Å². The highest BCUT2D eigenvalue weighted by Gasteiger charge is 2.40. The van der Waals surface area contributed by atoms with Crippen LogP contribution in [0.5, 0.6) is 5.75 Å². The molecule has 12 nitrogen and oxygen atoms in total. The van der Waals surface area contributed by atoms with E-state index in [1.807, 2.05) is 35.0 Å². The van der Waals surface area contributed by atoms with E-state index in [2.05, 4.69) is 37.0 Å². The van der Waals surface area contributed by atoms with Gasteiger partial charge in [0.15, 0.2) is 11.5 Å². The fourth-order valence-corrected chi connectivity index (χ4v) is 4.68. The van der Waals surface area contributed by atoms with Crippen molar-refractivity contribution in [2.24, 2.45) is 0 Å². The van der Waals surface area contributed by atoms with Crippen LogP contribution in [-0.4, -0.2) is 86.1 Å². The average molecular weight is 504 g/mol. The van der Waals surface area contributed by atoms with Crippen molar-refractivity contribution in [3.63, 3.8) is 0 Å². The molecule has 12 heteroatoms. The van der Waals surface area contributed by atoms with Crippen molar-refractivity contribution in [1.29, 1.82) is 0 Å². The lowest BCUT2D eigenvalue weighted by molar-refractivity contribution is 0.166. The maximum absolute atomic E-state index is 9.40. The summed E-state index contributed by atoms with van der Waals surface area (Å²) in [5.74, 6) is 1.57. The minimum absolute atomic E-state index is 0.0681. The van der Waals surface area contributed by atoms with Gasteiger partial charge in [-0.05, 0) is 19.1 Å². The van der Waals surface area contributed by atoms with Crippen LogP contribution in [0, 0.1) is 0 Å². The Hall–Kier alpha value is -4.00. The predicted octanol–water partition coefficient (Wildman–Crippen LogP) is 1.75. The first kappa shape index (κ1) is 23.4. The van der Waals surface area contributed by atoms with Crippen molar-refractivity contribution >= 4 is 28.7 Å². The van der Waals surface area contributed by atoms with E-state index in [9.17, 15) is 5.11 Å². The topological polar surface area (TPSA) is 142 Å². The molecule has 2 fully saturated rings. The number of hydrogen-bond acceptors (Lipinski definition) is 11. The van der Waals surface area contributed by atoms with E-state index in [-0.39, 0.29) is 19.4 Å². The molecule has 2 aliphatic rings. The van der Waals surface area contributed by atoms with E-state index < -0.39 is 0 Å². The van der Waals surface area contributed by atoms with Gasteiger partial charge in [0.2, 0.25) is 0 Å². The molecule has 4 aromatic rings. The number of hydrogen-bond donors (Lipinski definition) is 3. The number of aliphatic hydroxyl groups is 1. The maximum Gasteiger partial charge on any atom is 0.180 e. The smallest absolute Gasteiger partial charge is 0.180 e. The Balaban J connectivity index is 1.27. The number of epoxide rings is 1. The molecule has 0 amide bonds. The molecule has 0 aliphatic carbocycles. The summed E-state index contributed by atoms with van der Waals surface area (Å²) in [7, 11) is 0. The molecule has 0 radical (unpaired) electrons. The third-order valence-corrected chi connectivity index (χ3v) is 6.55. The number of aromatic nitrogens is 5. The molecule has 3 aromatic heterocycles. The van der Waals surface area contributed by atoms with Gasteiger partial charge in [0.25, 0.3) is 0 Å². The fraction of sp³-hybridized carbons (Fsp3) is 0.360. The van der Waals surface area contributed by atoms with Gasteiger partial charge in [-0.1, -0.05) is 0 Å². The molecule has 2 unspecified atom stereocenters. The van der Waals surface area contributed by atoms with Crippen LogP contribution >= 0.6 is 0 Å².